The van der Waals surface area contributed by atoms with Crippen molar-refractivity contribution < 1.29 is 19.1 Å². The molecule has 0 spiro atoms. The van der Waals surface area contributed by atoms with Crippen LogP contribution in [0.5, 0.6) is 17.2 Å². The van der Waals surface area contributed by atoms with Gasteiger partial charge in [0.2, 0.25) is 0 Å². The largest absolute Gasteiger partial charge is 0.497 e. The molecule has 170 valence electrons. The van der Waals surface area contributed by atoms with E-state index in [0.29, 0.717) is 22.9 Å². The van der Waals surface area contributed by atoms with Gasteiger partial charge in [-0.25, -0.2) is 9.97 Å². The molecule has 0 saturated heterocycles. The Balaban J connectivity index is 1.42. The summed E-state index contributed by atoms with van der Waals surface area (Å²) in [7, 11) is 3.13. The molecule has 0 fully saturated rings. The van der Waals surface area contributed by atoms with Crippen LogP contribution in [0.25, 0.3) is 11.3 Å². The molecule has 0 unspecified atom stereocenters. The van der Waals surface area contributed by atoms with E-state index in [0.717, 1.165) is 11.3 Å². The molecule has 4 aromatic rings. The van der Waals surface area contributed by atoms with E-state index >= 15 is 0 Å². The van der Waals surface area contributed by atoms with Gasteiger partial charge in [0.15, 0.2) is 0 Å². The fourth-order valence-corrected chi connectivity index (χ4v) is 3.07. The van der Waals surface area contributed by atoms with Crippen molar-refractivity contribution in [3.8, 4) is 28.5 Å². The van der Waals surface area contributed by atoms with Gasteiger partial charge in [-0.2, -0.15) is 0 Å². The molecular weight excluding hydrogens is 434 g/mol. The zero-order valence-corrected chi connectivity index (χ0v) is 18.5. The number of nitrogens with one attached hydrogen (secondary N) is 2. The Labute approximate surface area is 195 Å². The van der Waals surface area contributed by atoms with E-state index in [1.54, 1.807) is 49.6 Å². The minimum atomic E-state index is -0.366. The maximum Gasteiger partial charge on any atom is 0.274 e. The lowest BCUT2D eigenvalue weighted by molar-refractivity contribution is 0.0957. The molecule has 9 nitrogen and oxygen atoms in total. The van der Waals surface area contributed by atoms with Crippen LogP contribution in [0.15, 0.2) is 79.3 Å². The van der Waals surface area contributed by atoms with Crippen LogP contribution in [0, 0.1) is 0 Å². The first-order chi connectivity index (χ1) is 16.6. The summed E-state index contributed by atoms with van der Waals surface area (Å²) in [4.78, 5) is 36.8. The fraction of sp³-hybridized carbons (Fsp3) is 0.0800. The summed E-state index contributed by atoms with van der Waals surface area (Å²) in [5.41, 5.74) is 2.53. The third-order valence-corrected chi connectivity index (χ3v) is 4.82. The highest BCUT2D eigenvalue weighted by atomic mass is 16.5. The maximum absolute atomic E-state index is 12.7. The van der Waals surface area contributed by atoms with E-state index in [4.69, 9.17) is 9.47 Å². The lowest BCUT2D eigenvalue weighted by Gasteiger charge is -2.09. The van der Waals surface area contributed by atoms with Gasteiger partial charge in [-0.15, -0.1) is 0 Å². The van der Waals surface area contributed by atoms with Crippen LogP contribution in [-0.2, 0) is 0 Å². The summed E-state index contributed by atoms with van der Waals surface area (Å²) in [5, 5.41) is 5.33. The van der Waals surface area contributed by atoms with Gasteiger partial charge in [-0.3, -0.25) is 14.6 Å². The standard InChI is InChI=1S/C25H21N5O4/c1-26-24(31)22-13-20(11-12-27-22)34-19-9-5-17(6-10-19)30-25(32)23-14-21(28-15-29-23)16-3-7-18(33-2)8-4-16/h3-15H,1-2H3,(H,26,31)(H,30,32). The number of aromatic nitrogens is 3. The maximum atomic E-state index is 12.7. The number of methoxy groups -OCH3 is 1. The molecule has 0 aliphatic rings. The van der Waals surface area contributed by atoms with Crippen LogP contribution < -0.4 is 20.1 Å². The third-order valence-electron chi connectivity index (χ3n) is 4.82. The zero-order valence-electron chi connectivity index (χ0n) is 18.5. The monoisotopic (exact) mass is 455 g/mol. The predicted octanol–water partition coefficient (Wildman–Crippen LogP) is 3.95. The van der Waals surface area contributed by atoms with Gasteiger partial charge in [0.05, 0.1) is 12.8 Å². The smallest absolute Gasteiger partial charge is 0.274 e. The molecule has 2 heterocycles. The van der Waals surface area contributed by atoms with Gasteiger partial charge in [0.25, 0.3) is 11.8 Å². The quantitative estimate of drug-likeness (QED) is 0.433. The number of carbonyl (C=O) groups excluding carboxylic acids is 2. The number of anilines is 1. The second-order valence-corrected chi connectivity index (χ2v) is 7.05. The van der Waals surface area contributed by atoms with Gasteiger partial charge < -0.3 is 20.1 Å². The Morgan fingerprint density at radius 3 is 2.18 bits per heavy atom. The van der Waals surface area contributed by atoms with E-state index in [1.165, 1.54) is 19.6 Å². The topological polar surface area (TPSA) is 115 Å². The molecule has 4 rings (SSSR count). The van der Waals surface area contributed by atoms with E-state index in [2.05, 4.69) is 25.6 Å². The highest BCUT2D eigenvalue weighted by molar-refractivity contribution is 6.03. The number of benzene rings is 2. The lowest BCUT2D eigenvalue weighted by atomic mass is 10.1. The van der Waals surface area contributed by atoms with Gasteiger partial charge >= 0.3 is 0 Å². The molecule has 0 radical (unpaired) electrons. The first-order valence-electron chi connectivity index (χ1n) is 10.3. The summed E-state index contributed by atoms with van der Waals surface area (Å²) in [6.45, 7) is 0. The van der Waals surface area contributed by atoms with Crippen LogP contribution in [-0.4, -0.2) is 40.9 Å². The highest BCUT2D eigenvalue weighted by Crippen LogP contribution is 2.24. The summed E-state index contributed by atoms with van der Waals surface area (Å²) in [5.74, 6) is 1.07. The molecular formula is C25H21N5O4. The van der Waals surface area contributed by atoms with E-state index in [-0.39, 0.29) is 23.2 Å². The van der Waals surface area contributed by atoms with E-state index in [9.17, 15) is 9.59 Å². The van der Waals surface area contributed by atoms with Gasteiger partial charge in [0.1, 0.15) is 35.0 Å². The van der Waals surface area contributed by atoms with Crippen molar-refractivity contribution in [1.82, 2.24) is 20.3 Å². The minimum Gasteiger partial charge on any atom is -0.497 e. The Morgan fingerprint density at radius 1 is 0.765 bits per heavy atom. The number of amides is 2. The van der Waals surface area contributed by atoms with Crippen LogP contribution in [0.4, 0.5) is 5.69 Å². The normalized spacial score (nSPS) is 10.3. The molecule has 9 heteroatoms. The number of pyridine rings is 1. The van der Waals surface area contributed by atoms with Crippen LogP contribution in [0.1, 0.15) is 21.0 Å². The molecule has 2 aromatic carbocycles. The molecule has 0 aliphatic carbocycles. The van der Waals surface area contributed by atoms with Crippen molar-refractivity contribution in [2.75, 3.05) is 19.5 Å². The van der Waals surface area contributed by atoms with Crippen molar-refractivity contribution in [2.45, 2.75) is 0 Å². The van der Waals surface area contributed by atoms with Crippen molar-refractivity contribution >= 4 is 17.5 Å². The van der Waals surface area contributed by atoms with Crippen molar-refractivity contribution in [2.24, 2.45) is 0 Å². The molecule has 0 bridgehead atoms. The van der Waals surface area contributed by atoms with E-state index in [1.807, 2.05) is 24.3 Å². The molecule has 34 heavy (non-hydrogen) atoms. The summed E-state index contributed by atoms with van der Waals surface area (Å²) >= 11 is 0. The number of ether oxygens (including phenoxy) is 2. The Kier molecular flexibility index (Phi) is 6.73. The number of rotatable bonds is 7. The number of hydrogen-bond acceptors (Lipinski definition) is 7. The zero-order chi connectivity index (χ0) is 23.9. The molecule has 0 saturated carbocycles. The highest BCUT2D eigenvalue weighted by Gasteiger charge is 2.11. The number of hydrogen-bond donors (Lipinski definition) is 2. The lowest BCUT2D eigenvalue weighted by Crippen LogP contribution is -2.18. The van der Waals surface area contributed by atoms with Crippen molar-refractivity contribution in [3.63, 3.8) is 0 Å². The van der Waals surface area contributed by atoms with Gasteiger partial charge in [-0.05, 0) is 60.7 Å². The number of nitrogens with zero attached hydrogens (tertiary/aromatic N) is 3. The fourth-order valence-electron chi connectivity index (χ4n) is 3.07. The molecule has 2 amide bonds. The molecule has 0 aliphatic heterocycles. The van der Waals surface area contributed by atoms with Gasteiger partial charge in [0, 0.05) is 30.6 Å². The van der Waals surface area contributed by atoms with Crippen LogP contribution in [0.2, 0.25) is 0 Å². The van der Waals surface area contributed by atoms with Gasteiger partial charge in [-0.1, -0.05) is 0 Å². The third kappa shape index (κ3) is 5.33. The van der Waals surface area contributed by atoms with Crippen LogP contribution >= 0.6 is 0 Å². The summed E-state index contributed by atoms with van der Waals surface area (Å²) in [6, 6.07) is 19.0. The first-order valence-corrected chi connectivity index (χ1v) is 10.3. The predicted molar refractivity (Wildman–Crippen MR) is 126 cm³/mol. The average molecular weight is 455 g/mol. The first kappa shape index (κ1) is 22.4. The summed E-state index contributed by atoms with van der Waals surface area (Å²) < 4.78 is 10.9. The minimum absolute atomic E-state index is 0.236. The average Bonchev–Trinajstić information content (AvgIpc) is 2.89. The SMILES string of the molecule is CNC(=O)c1cc(Oc2ccc(NC(=O)c3cc(-c4ccc(OC)cc4)ncn3)cc2)ccn1. The van der Waals surface area contributed by atoms with Crippen molar-refractivity contribution in [1.29, 1.82) is 0 Å². The summed E-state index contributed by atoms with van der Waals surface area (Å²) in [6.07, 6.45) is 2.85. The number of carbonyl (C=O) groups is 2. The Morgan fingerprint density at radius 2 is 1.47 bits per heavy atom. The molecule has 2 N–H and O–H groups in total. The Hall–Kier alpha value is -4.79. The second-order valence-electron chi connectivity index (χ2n) is 7.05. The second kappa shape index (κ2) is 10.2. The van der Waals surface area contributed by atoms with E-state index < -0.39 is 0 Å². The van der Waals surface area contributed by atoms with Crippen LogP contribution in [0.3, 0.4) is 0 Å². The molecule has 2 aromatic heterocycles. The molecule has 0 atom stereocenters. The Bertz CT molecular complexity index is 1310. The van der Waals surface area contributed by atoms with Crippen molar-refractivity contribution in [3.05, 3.63) is 90.6 Å².